The number of aliphatic imine (C=N–C) groups is 1. The van der Waals surface area contributed by atoms with Gasteiger partial charge in [0.1, 0.15) is 6.61 Å². The lowest BCUT2D eigenvalue weighted by Crippen LogP contribution is -2.07. The SMILES string of the molecule is Cc1ccccc1CCC1COC=N1. The molecule has 0 spiro atoms. The van der Waals surface area contributed by atoms with Crippen molar-refractivity contribution in [2.24, 2.45) is 4.99 Å². The van der Waals surface area contributed by atoms with Crippen LogP contribution in [0.15, 0.2) is 29.3 Å². The second-order valence-corrected chi connectivity index (χ2v) is 3.71. The molecule has 0 amide bonds. The van der Waals surface area contributed by atoms with Gasteiger partial charge in [0.15, 0.2) is 6.40 Å². The van der Waals surface area contributed by atoms with E-state index in [1.165, 1.54) is 11.1 Å². The van der Waals surface area contributed by atoms with Gasteiger partial charge in [0.05, 0.1) is 6.04 Å². The minimum Gasteiger partial charge on any atom is -0.481 e. The van der Waals surface area contributed by atoms with Crippen LogP contribution in [0.2, 0.25) is 0 Å². The number of hydrogen-bond donors (Lipinski definition) is 0. The average Bonchev–Trinajstić information content (AvgIpc) is 2.69. The van der Waals surface area contributed by atoms with Gasteiger partial charge in [0.25, 0.3) is 0 Å². The van der Waals surface area contributed by atoms with E-state index in [0.717, 1.165) is 19.4 Å². The summed E-state index contributed by atoms with van der Waals surface area (Å²) in [4.78, 5) is 4.23. The van der Waals surface area contributed by atoms with E-state index in [0.29, 0.717) is 6.04 Å². The van der Waals surface area contributed by atoms with Gasteiger partial charge in [-0.3, -0.25) is 4.99 Å². The van der Waals surface area contributed by atoms with Crippen LogP contribution < -0.4 is 0 Å². The largest absolute Gasteiger partial charge is 0.481 e. The lowest BCUT2D eigenvalue weighted by molar-refractivity contribution is 0.322. The molecule has 2 nitrogen and oxygen atoms in total. The van der Waals surface area contributed by atoms with Gasteiger partial charge < -0.3 is 4.74 Å². The third kappa shape index (κ3) is 2.13. The van der Waals surface area contributed by atoms with Crippen molar-refractivity contribution in [1.29, 1.82) is 0 Å². The van der Waals surface area contributed by atoms with Crippen molar-refractivity contribution in [3.05, 3.63) is 35.4 Å². The molecule has 1 heterocycles. The summed E-state index contributed by atoms with van der Waals surface area (Å²) in [5.41, 5.74) is 2.80. The van der Waals surface area contributed by atoms with Gasteiger partial charge in [-0.05, 0) is 30.9 Å². The molecule has 0 N–H and O–H groups in total. The van der Waals surface area contributed by atoms with Crippen LogP contribution in [0.3, 0.4) is 0 Å². The van der Waals surface area contributed by atoms with E-state index in [9.17, 15) is 0 Å². The van der Waals surface area contributed by atoms with Crippen LogP contribution in [-0.2, 0) is 11.2 Å². The highest BCUT2D eigenvalue weighted by Gasteiger charge is 2.11. The zero-order chi connectivity index (χ0) is 9.80. The maximum Gasteiger partial charge on any atom is 0.169 e. The Bertz CT molecular complexity index is 333. The molecule has 1 aromatic rings. The Morgan fingerprint density at radius 1 is 1.43 bits per heavy atom. The predicted octanol–water partition coefficient (Wildman–Crippen LogP) is 2.35. The Balaban J connectivity index is 1.91. The van der Waals surface area contributed by atoms with Gasteiger partial charge >= 0.3 is 0 Å². The summed E-state index contributed by atoms with van der Waals surface area (Å²) in [6.45, 7) is 2.91. The Kier molecular flexibility index (Phi) is 2.82. The zero-order valence-electron chi connectivity index (χ0n) is 8.44. The molecule has 0 radical (unpaired) electrons. The number of rotatable bonds is 3. The quantitative estimate of drug-likeness (QED) is 0.715. The van der Waals surface area contributed by atoms with Gasteiger partial charge in [-0.2, -0.15) is 0 Å². The summed E-state index contributed by atoms with van der Waals surface area (Å²) in [6.07, 6.45) is 3.75. The van der Waals surface area contributed by atoms with E-state index >= 15 is 0 Å². The van der Waals surface area contributed by atoms with Crippen LogP contribution in [0.25, 0.3) is 0 Å². The molecule has 1 atom stereocenters. The normalized spacial score (nSPS) is 19.6. The first-order valence-corrected chi connectivity index (χ1v) is 5.04. The first kappa shape index (κ1) is 9.25. The Labute approximate surface area is 84.6 Å². The zero-order valence-corrected chi connectivity index (χ0v) is 8.44. The number of hydrogen-bond acceptors (Lipinski definition) is 2. The van der Waals surface area contributed by atoms with E-state index in [1.807, 2.05) is 0 Å². The molecule has 1 unspecified atom stereocenters. The van der Waals surface area contributed by atoms with Crippen molar-refractivity contribution in [1.82, 2.24) is 0 Å². The second-order valence-electron chi connectivity index (χ2n) is 3.71. The van der Waals surface area contributed by atoms with Gasteiger partial charge in [0.2, 0.25) is 0 Å². The topological polar surface area (TPSA) is 21.6 Å². The Hall–Kier alpha value is -1.31. The molecule has 1 aliphatic heterocycles. The Morgan fingerprint density at radius 3 is 3.00 bits per heavy atom. The van der Waals surface area contributed by atoms with Crippen molar-refractivity contribution >= 4 is 6.40 Å². The van der Waals surface area contributed by atoms with Gasteiger partial charge in [-0.1, -0.05) is 24.3 Å². The lowest BCUT2D eigenvalue weighted by Gasteiger charge is -2.07. The van der Waals surface area contributed by atoms with E-state index in [-0.39, 0.29) is 0 Å². The first-order valence-electron chi connectivity index (χ1n) is 5.04. The fourth-order valence-electron chi connectivity index (χ4n) is 1.70. The lowest BCUT2D eigenvalue weighted by atomic mass is 10.0. The molecule has 1 aromatic carbocycles. The minimum atomic E-state index is 0.370. The number of benzene rings is 1. The van der Waals surface area contributed by atoms with E-state index in [2.05, 4.69) is 36.2 Å². The van der Waals surface area contributed by atoms with Crippen LogP contribution in [-0.4, -0.2) is 19.0 Å². The number of nitrogens with zero attached hydrogens (tertiary/aromatic N) is 1. The molecule has 14 heavy (non-hydrogen) atoms. The molecule has 0 aliphatic carbocycles. The number of aryl methyl sites for hydroxylation is 2. The maximum absolute atomic E-state index is 5.08. The van der Waals surface area contributed by atoms with Gasteiger partial charge in [-0.25, -0.2) is 0 Å². The van der Waals surface area contributed by atoms with Crippen LogP contribution >= 0.6 is 0 Å². The summed E-state index contributed by atoms with van der Waals surface area (Å²) in [5, 5.41) is 0. The summed E-state index contributed by atoms with van der Waals surface area (Å²) >= 11 is 0. The molecule has 0 fully saturated rings. The summed E-state index contributed by atoms with van der Waals surface area (Å²) < 4.78 is 5.08. The summed E-state index contributed by atoms with van der Waals surface area (Å²) in [5.74, 6) is 0. The van der Waals surface area contributed by atoms with Crippen molar-refractivity contribution in [3.63, 3.8) is 0 Å². The molecule has 0 saturated carbocycles. The van der Waals surface area contributed by atoms with Crippen LogP contribution in [0.4, 0.5) is 0 Å². The second kappa shape index (κ2) is 4.27. The molecule has 2 rings (SSSR count). The fraction of sp³-hybridized carbons (Fsp3) is 0.417. The molecule has 2 heteroatoms. The molecule has 0 saturated heterocycles. The van der Waals surface area contributed by atoms with Crippen LogP contribution in [0, 0.1) is 6.92 Å². The molecular weight excluding hydrogens is 174 g/mol. The average molecular weight is 189 g/mol. The smallest absolute Gasteiger partial charge is 0.169 e. The third-order valence-electron chi connectivity index (χ3n) is 2.64. The Morgan fingerprint density at radius 2 is 2.29 bits per heavy atom. The van der Waals surface area contributed by atoms with Crippen LogP contribution in [0.1, 0.15) is 17.5 Å². The van der Waals surface area contributed by atoms with Gasteiger partial charge in [0, 0.05) is 0 Å². The van der Waals surface area contributed by atoms with E-state index in [1.54, 1.807) is 6.40 Å². The van der Waals surface area contributed by atoms with Crippen molar-refractivity contribution in [3.8, 4) is 0 Å². The molecular formula is C12H15NO. The van der Waals surface area contributed by atoms with Crippen molar-refractivity contribution in [2.45, 2.75) is 25.8 Å². The van der Waals surface area contributed by atoms with Crippen molar-refractivity contribution in [2.75, 3.05) is 6.61 Å². The third-order valence-corrected chi connectivity index (χ3v) is 2.64. The standard InChI is InChI=1S/C12H15NO/c1-10-4-2-3-5-11(10)6-7-12-8-14-9-13-12/h2-5,9,12H,6-8H2,1H3. The maximum atomic E-state index is 5.08. The summed E-state index contributed by atoms with van der Waals surface area (Å²) in [7, 11) is 0. The first-order chi connectivity index (χ1) is 6.86. The fourth-order valence-corrected chi connectivity index (χ4v) is 1.70. The highest BCUT2D eigenvalue weighted by molar-refractivity contribution is 5.48. The molecule has 0 aromatic heterocycles. The summed E-state index contributed by atoms with van der Waals surface area (Å²) in [6, 6.07) is 8.89. The predicted molar refractivity (Wildman–Crippen MR) is 57.7 cm³/mol. The molecule has 74 valence electrons. The highest BCUT2D eigenvalue weighted by atomic mass is 16.5. The van der Waals surface area contributed by atoms with Crippen molar-refractivity contribution < 1.29 is 4.74 Å². The molecule has 1 aliphatic rings. The highest BCUT2D eigenvalue weighted by Crippen LogP contribution is 2.13. The van der Waals surface area contributed by atoms with E-state index in [4.69, 9.17) is 4.74 Å². The van der Waals surface area contributed by atoms with Gasteiger partial charge in [-0.15, -0.1) is 0 Å². The van der Waals surface area contributed by atoms with E-state index < -0.39 is 0 Å². The molecule has 0 bridgehead atoms. The van der Waals surface area contributed by atoms with Crippen LogP contribution in [0.5, 0.6) is 0 Å². The number of ether oxygens (including phenoxy) is 1. The minimum absolute atomic E-state index is 0.370. The monoisotopic (exact) mass is 189 g/mol.